The molecule has 3 fully saturated rings. The van der Waals surface area contributed by atoms with Gasteiger partial charge in [-0.05, 0) is 97.5 Å². The van der Waals surface area contributed by atoms with Gasteiger partial charge in [0.1, 0.15) is 18.1 Å². The number of likely N-dealkylation sites (tertiary alicyclic amines) is 3. The summed E-state index contributed by atoms with van der Waals surface area (Å²) < 4.78 is 14.2. The van der Waals surface area contributed by atoms with Gasteiger partial charge in [-0.15, -0.1) is 0 Å². The predicted molar refractivity (Wildman–Crippen MR) is 269 cm³/mol. The third kappa shape index (κ3) is 19.2. The van der Waals surface area contributed by atoms with Crippen LogP contribution in [0, 0.1) is 23.7 Å². The second kappa shape index (κ2) is 31.0. The number of methoxy groups -OCH3 is 3. The van der Waals surface area contributed by atoms with Crippen LogP contribution in [0.2, 0.25) is 0 Å². The molecule has 6 amide bonds. The quantitative estimate of drug-likeness (QED) is 0.112. The van der Waals surface area contributed by atoms with Gasteiger partial charge in [-0.3, -0.25) is 43.2 Å². The van der Waals surface area contributed by atoms with E-state index in [1.54, 1.807) is 14.7 Å². The van der Waals surface area contributed by atoms with Gasteiger partial charge in [-0.2, -0.15) is 0 Å². The van der Waals surface area contributed by atoms with Gasteiger partial charge in [0.15, 0.2) is 0 Å². The molecule has 0 saturated carbocycles. The van der Waals surface area contributed by atoms with E-state index in [1.807, 2.05) is 99.6 Å². The molecule has 18 heteroatoms. The molecule has 3 aliphatic rings. The maximum Gasteiger partial charge on any atom is 0.306 e. The van der Waals surface area contributed by atoms with E-state index in [0.717, 1.165) is 37.7 Å². The van der Waals surface area contributed by atoms with Crippen molar-refractivity contribution in [1.29, 1.82) is 0 Å². The van der Waals surface area contributed by atoms with E-state index in [-0.39, 0.29) is 96.6 Å². The topological polar surface area (TPSA) is 227 Å². The lowest BCUT2D eigenvalue weighted by atomic mass is 9.87. The van der Waals surface area contributed by atoms with E-state index in [1.165, 1.54) is 21.3 Å². The van der Waals surface area contributed by atoms with Crippen LogP contribution in [0.15, 0.2) is 30.3 Å². The molecule has 0 unspecified atom stereocenters. The van der Waals surface area contributed by atoms with Crippen molar-refractivity contribution >= 4 is 53.4 Å². The first-order chi connectivity index (χ1) is 33.6. The number of carbonyl (C=O) groups excluding carboxylic acids is 9. The SMILES string of the molecule is CC[C@@H](C)[C@H](CC(=O)OC)C(=O)N1CCC[C@H]1C(=O)NC(C)C.CC[C@H](C)[C@H](CC(=O)OC)C(=O)N1CCC[C@H]1C(=O)NC(C)C.COC(=O)C[C@H](C(=O)N1CCC[C@H]1C(=O)NC(C)C)c1ccccc1. The number of hydrogen-bond donors (Lipinski definition) is 3. The minimum Gasteiger partial charge on any atom is -0.469 e. The van der Waals surface area contributed by atoms with E-state index in [0.29, 0.717) is 38.9 Å². The number of ether oxygens (including phenoxy) is 3. The lowest BCUT2D eigenvalue weighted by Gasteiger charge is -2.30. The van der Waals surface area contributed by atoms with Gasteiger partial charge in [0.2, 0.25) is 35.4 Å². The number of carbonyl (C=O) groups is 9. The molecule has 3 aliphatic heterocycles. The van der Waals surface area contributed by atoms with E-state index in [4.69, 9.17) is 14.2 Å². The summed E-state index contributed by atoms with van der Waals surface area (Å²) in [6.45, 7) is 21.0. The Balaban J connectivity index is 0.000000366. The van der Waals surface area contributed by atoms with Crippen molar-refractivity contribution in [2.45, 2.75) is 182 Å². The number of hydrogen-bond acceptors (Lipinski definition) is 12. The monoisotopic (exact) mass is 999 g/mol. The van der Waals surface area contributed by atoms with Gasteiger partial charge in [-0.1, -0.05) is 70.9 Å². The average molecular weight is 999 g/mol. The molecule has 3 N–H and O–H groups in total. The second-order valence-electron chi connectivity index (χ2n) is 19.8. The first-order valence-corrected chi connectivity index (χ1v) is 25.6. The molecule has 0 spiro atoms. The van der Waals surface area contributed by atoms with Crippen LogP contribution in [0.3, 0.4) is 0 Å². The molecule has 0 aromatic heterocycles. The first-order valence-electron chi connectivity index (χ1n) is 25.6. The van der Waals surface area contributed by atoms with Gasteiger partial charge in [-0.25, -0.2) is 0 Å². The standard InChI is InChI=1S/C19H26N2O4.2C17H30N2O4/c1-13(2)20-18(23)16-10-7-11-21(16)19(24)15(12-17(22)25-3)14-8-5-4-6-9-14;2*1-6-12(4)13(10-15(20)23-5)17(22)19-9-7-8-14(19)16(21)18-11(2)3/h4-6,8-9,13,15-16H,7,10-12H2,1-3H3,(H,20,23);2*11-14H,6-10H2,1-5H3,(H,18,21)/t15-,16-;12-,13+,14+;12-,13-,14-/m010/s1. The third-order valence-corrected chi connectivity index (χ3v) is 13.4. The Hall–Kier alpha value is -5.55. The van der Waals surface area contributed by atoms with Crippen molar-refractivity contribution in [2.24, 2.45) is 23.7 Å². The third-order valence-electron chi connectivity index (χ3n) is 13.4. The van der Waals surface area contributed by atoms with Crippen LogP contribution in [-0.4, -0.2) is 145 Å². The fourth-order valence-electron chi connectivity index (χ4n) is 9.12. The summed E-state index contributed by atoms with van der Waals surface area (Å²) in [4.78, 5) is 116. The molecule has 3 saturated heterocycles. The van der Waals surface area contributed by atoms with Crippen LogP contribution < -0.4 is 16.0 Å². The summed E-state index contributed by atoms with van der Waals surface area (Å²) in [5, 5.41) is 8.63. The normalized spacial score (nSPS) is 19.5. The Kier molecular flexibility index (Phi) is 26.9. The maximum absolute atomic E-state index is 13.1. The number of esters is 3. The first kappa shape index (κ1) is 61.6. The highest BCUT2D eigenvalue weighted by Crippen LogP contribution is 2.30. The molecule has 0 bridgehead atoms. The summed E-state index contributed by atoms with van der Waals surface area (Å²) in [6.07, 6.45) is 6.10. The molecule has 0 aliphatic carbocycles. The van der Waals surface area contributed by atoms with Crippen molar-refractivity contribution in [1.82, 2.24) is 30.7 Å². The second-order valence-corrected chi connectivity index (χ2v) is 19.8. The van der Waals surface area contributed by atoms with Crippen LogP contribution in [0.1, 0.15) is 151 Å². The van der Waals surface area contributed by atoms with Crippen LogP contribution in [0.5, 0.6) is 0 Å². The van der Waals surface area contributed by atoms with Gasteiger partial charge < -0.3 is 44.9 Å². The smallest absolute Gasteiger partial charge is 0.306 e. The molecular weight excluding hydrogens is 913 g/mol. The molecule has 1 aromatic carbocycles. The summed E-state index contributed by atoms with van der Waals surface area (Å²) in [6, 6.07) is 7.96. The highest BCUT2D eigenvalue weighted by Gasteiger charge is 2.42. The molecule has 1 aromatic rings. The van der Waals surface area contributed by atoms with Crippen molar-refractivity contribution in [3.05, 3.63) is 35.9 Å². The largest absolute Gasteiger partial charge is 0.469 e. The van der Waals surface area contributed by atoms with Crippen LogP contribution in [-0.2, 0) is 57.4 Å². The van der Waals surface area contributed by atoms with Crippen LogP contribution in [0.4, 0.5) is 0 Å². The van der Waals surface area contributed by atoms with Crippen molar-refractivity contribution < 1.29 is 57.4 Å². The Morgan fingerprint density at radius 1 is 0.493 bits per heavy atom. The van der Waals surface area contributed by atoms with Crippen molar-refractivity contribution in [3.8, 4) is 0 Å². The van der Waals surface area contributed by atoms with E-state index in [9.17, 15) is 43.2 Å². The zero-order valence-corrected chi connectivity index (χ0v) is 44.9. The zero-order valence-electron chi connectivity index (χ0n) is 44.9. The zero-order chi connectivity index (χ0) is 53.5. The molecule has 400 valence electrons. The van der Waals surface area contributed by atoms with Crippen molar-refractivity contribution in [3.63, 3.8) is 0 Å². The van der Waals surface area contributed by atoms with Crippen molar-refractivity contribution in [2.75, 3.05) is 41.0 Å². The fraction of sp³-hybridized carbons (Fsp3) is 0.717. The van der Waals surface area contributed by atoms with Crippen LogP contribution in [0.25, 0.3) is 0 Å². The fourth-order valence-corrected chi connectivity index (χ4v) is 9.12. The van der Waals surface area contributed by atoms with E-state index < -0.39 is 41.8 Å². The molecule has 71 heavy (non-hydrogen) atoms. The van der Waals surface area contributed by atoms with Gasteiger partial charge in [0, 0.05) is 37.8 Å². The van der Waals surface area contributed by atoms with E-state index >= 15 is 0 Å². The van der Waals surface area contributed by atoms with E-state index in [2.05, 4.69) is 16.0 Å². The minimum absolute atomic E-state index is 0.0186. The minimum atomic E-state index is -0.638. The lowest BCUT2D eigenvalue weighted by molar-refractivity contribution is -0.150. The van der Waals surface area contributed by atoms with Gasteiger partial charge in [0.05, 0.1) is 58.3 Å². The summed E-state index contributed by atoms with van der Waals surface area (Å²) in [5.41, 5.74) is 0.757. The Morgan fingerprint density at radius 3 is 1.10 bits per heavy atom. The summed E-state index contributed by atoms with van der Waals surface area (Å²) in [5.74, 6) is -3.32. The number of nitrogens with zero attached hydrogens (tertiary/aromatic N) is 3. The maximum atomic E-state index is 13.1. The molecule has 8 atom stereocenters. The van der Waals surface area contributed by atoms with Crippen LogP contribution >= 0.6 is 0 Å². The molecule has 18 nitrogen and oxygen atoms in total. The van der Waals surface area contributed by atoms with Gasteiger partial charge >= 0.3 is 17.9 Å². The Labute approximate surface area is 422 Å². The lowest BCUT2D eigenvalue weighted by Crippen LogP contribution is -2.50. The summed E-state index contributed by atoms with van der Waals surface area (Å²) in [7, 11) is 3.97. The Morgan fingerprint density at radius 2 is 0.803 bits per heavy atom. The molecule has 0 radical (unpaired) electrons. The number of nitrogens with one attached hydrogen (secondary N) is 3. The average Bonchev–Trinajstić information content (AvgIpc) is 4.15. The summed E-state index contributed by atoms with van der Waals surface area (Å²) >= 11 is 0. The number of benzene rings is 1. The number of rotatable bonds is 20. The Bertz CT molecular complexity index is 1830. The molecule has 3 heterocycles. The van der Waals surface area contributed by atoms with Gasteiger partial charge in [0.25, 0.3) is 0 Å². The highest BCUT2D eigenvalue weighted by molar-refractivity contribution is 5.94. The highest BCUT2D eigenvalue weighted by atomic mass is 16.5. The predicted octanol–water partition coefficient (Wildman–Crippen LogP) is 5.30. The number of amides is 6. The molecule has 4 rings (SSSR count). The molecular formula is C53H86N6O12.